The molecule has 0 radical (unpaired) electrons. The Hall–Kier alpha value is -0.160. The first-order valence-electron chi connectivity index (χ1n) is 8.80. The molecule has 0 amide bonds. The van der Waals surface area contributed by atoms with Crippen molar-refractivity contribution >= 4 is 0 Å². The standard InChI is InChI=1S/C17H32N2O2/c1-18-9-10-19(2)15(13-18)16(20)14-6-11-21-17(12-14)7-4-3-5-8-17/h14-16,20H,3-13H2,1-2H3. The lowest BCUT2D eigenvalue weighted by Crippen LogP contribution is -2.58. The maximum atomic E-state index is 11.0. The molecule has 3 atom stereocenters. The number of piperazine rings is 1. The zero-order valence-corrected chi connectivity index (χ0v) is 13.8. The van der Waals surface area contributed by atoms with E-state index in [0.717, 1.165) is 39.1 Å². The van der Waals surface area contributed by atoms with Crippen molar-refractivity contribution in [3.8, 4) is 0 Å². The molecule has 0 bridgehead atoms. The highest BCUT2D eigenvalue weighted by Gasteiger charge is 2.43. The monoisotopic (exact) mass is 296 g/mol. The van der Waals surface area contributed by atoms with Gasteiger partial charge in [0.25, 0.3) is 0 Å². The minimum atomic E-state index is -0.208. The normalized spacial score (nSPS) is 36.7. The van der Waals surface area contributed by atoms with Crippen LogP contribution in [0.5, 0.6) is 0 Å². The van der Waals surface area contributed by atoms with Crippen LogP contribution in [0, 0.1) is 5.92 Å². The predicted octanol–water partition coefficient (Wildman–Crippen LogP) is 1.72. The van der Waals surface area contributed by atoms with Gasteiger partial charge in [0.1, 0.15) is 0 Å². The Bertz CT molecular complexity index is 338. The molecule has 1 spiro atoms. The van der Waals surface area contributed by atoms with Gasteiger partial charge in [0, 0.05) is 32.3 Å². The minimum absolute atomic E-state index is 0.0985. The molecule has 4 heteroatoms. The van der Waals surface area contributed by atoms with Gasteiger partial charge >= 0.3 is 0 Å². The van der Waals surface area contributed by atoms with Gasteiger partial charge in [0.2, 0.25) is 0 Å². The fourth-order valence-electron chi connectivity index (χ4n) is 4.63. The van der Waals surface area contributed by atoms with Crippen LogP contribution in [0.3, 0.4) is 0 Å². The predicted molar refractivity (Wildman–Crippen MR) is 84.4 cm³/mol. The second-order valence-electron chi connectivity index (χ2n) is 7.65. The highest BCUT2D eigenvalue weighted by molar-refractivity contribution is 4.95. The molecule has 2 heterocycles. The highest BCUT2D eigenvalue weighted by Crippen LogP contribution is 2.42. The lowest BCUT2D eigenvalue weighted by atomic mass is 9.73. The van der Waals surface area contributed by atoms with Gasteiger partial charge in [0.15, 0.2) is 0 Å². The fraction of sp³-hybridized carbons (Fsp3) is 1.00. The smallest absolute Gasteiger partial charge is 0.0737 e. The molecule has 3 aliphatic rings. The number of ether oxygens (including phenoxy) is 1. The Morgan fingerprint density at radius 1 is 1.14 bits per heavy atom. The van der Waals surface area contributed by atoms with Crippen molar-refractivity contribution in [2.75, 3.05) is 40.3 Å². The van der Waals surface area contributed by atoms with Crippen LogP contribution in [0.2, 0.25) is 0 Å². The molecule has 0 aromatic rings. The second kappa shape index (κ2) is 6.53. The van der Waals surface area contributed by atoms with Crippen molar-refractivity contribution in [3.05, 3.63) is 0 Å². The molecular weight excluding hydrogens is 264 g/mol. The number of hydrogen-bond acceptors (Lipinski definition) is 4. The maximum Gasteiger partial charge on any atom is 0.0737 e. The zero-order valence-electron chi connectivity index (χ0n) is 13.8. The lowest BCUT2D eigenvalue weighted by molar-refractivity contribution is -0.143. The van der Waals surface area contributed by atoms with Crippen LogP contribution in [0.4, 0.5) is 0 Å². The largest absolute Gasteiger partial charge is 0.391 e. The number of aliphatic hydroxyl groups excluding tert-OH is 1. The Labute approximate surface area is 129 Å². The van der Waals surface area contributed by atoms with E-state index in [0.29, 0.717) is 5.92 Å². The van der Waals surface area contributed by atoms with Crippen molar-refractivity contribution in [2.24, 2.45) is 5.92 Å². The van der Waals surface area contributed by atoms with E-state index in [1.807, 2.05) is 0 Å². The molecule has 3 fully saturated rings. The zero-order chi connectivity index (χ0) is 14.9. The quantitative estimate of drug-likeness (QED) is 0.842. The van der Waals surface area contributed by atoms with Gasteiger partial charge in [-0.25, -0.2) is 0 Å². The molecule has 1 aliphatic carbocycles. The van der Waals surface area contributed by atoms with Crippen molar-refractivity contribution in [2.45, 2.75) is 62.7 Å². The summed E-state index contributed by atoms with van der Waals surface area (Å²) < 4.78 is 6.19. The molecule has 122 valence electrons. The van der Waals surface area contributed by atoms with E-state index in [1.165, 1.54) is 32.1 Å². The molecule has 2 saturated heterocycles. The van der Waals surface area contributed by atoms with Gasteiger partial charge in [0.05, 0.1) is 11.7 Å². The van der Waals surface area contributed by atoms with Crippen LogP contribution in [0.15, 0.2) is 0 Å². The molecule has 1 N–H and O–H groups in total. The average molecular weight is 296 g/mol. The summed E-state index contributed by atoms with van der Waals surface area (Å²) in [4.78, 5) is 4.71. The van der Waals surface area contributed by atoms with E-state index in [4.69, 9.17) is 4.74 Å². The first-order chi connectivity index (χ1) is 10.1. The van der Waals surface area contributed by atoms with Crippen molar-refractivity contribution in [3.63, 3.8) is 0 Å². The van der Waals surface area contributed by atoms with Crippen LogP contribution in [-0.4, -0.2) is 73.0 Å². The Kier molecular flexibility index (Phi) is 4.89. The summed E-state index contributed by atoms with van der Waals surface area (Å²) in [5, 5.41) is 11.0. The molecule has 3 unspecified atom stereocenters. The molecule has 0 aromatic carbocycles. The van der Waals surface area contributed by atoms with Crippen LogP contribution in [-0.2, 0) is 4.74 Å². The number of nitrogens with zero attached hydrogens (tertiary/aromatic N) is 2. The van der Waals surface area contributed by atoms with Crippen LogP contribution < -0.4 is 0 Å². The molecule has 3 rings (SSSR count). The number of rotatable bonds is 2. The summed E-state index contributed by atoms with van der Waals surface area (Å²) >= 11 is 0. The van der Waals surface area contributed by atoms with Gasteiger partial charge in [-0.1, -0.05) is 19.3 Å². The summed E-state index contributed by atoms with van der Waals surface area (Å²) in [5.41, 5.74) is 0.0985. The van der Waals surface area contributed by atoms with Gasteiger partial charge in [-0.3, -0.25) is 4.90 Å². The van der Waals surface area contributed by atoms with E-state index >= 15 is 0 Å². The van der Waals surface area contributed by atoms with E-state index < -0.39 is 0 Å². The van der Waals surface area contributed by atoms with Gasteiger partial charge in [-0.2, -0.15) is 0 Å². The number of aliphatic hydroxyl groups is 1. The maximum absolute atomic E-state index is 11.0. The molecule has 21 heavy (non-hydrogen) atoms. The summed E-state index contributed by atoms with van der Waals surface area (Å²) in [6, 6.07) is 0.285. The average Bonchev–Trinajstić information content (AvgIpc) is 2.50. The number of hydrogen-bond donors (Lipinski definition) is 1. The fourth-order valence-corrected chi connectivity index (χ4v) is 4.63. The van der Waals surface area contributed by atoms with Crippen molar-refractivity contribution in [1.29, 1.82) is 0 Å². The Morgan fingerprint density at radius 3 is 2.67 bits per heavy atom. The third kappa shape index (κ3) is 3.44. The summed E-state index contributed by atoms with van der Waals surface area (Å²) in [7, 11) is 4.33. The molecule has 1 saturated carbocycles. The Balaban J connectivity index is 1.64. The lowest BCUT2D eigenvalue weighted by Gasteiger charge is -2.48. The number of likely N-dealkylation sites (N-methyl/N-ethyl adjacent to an activating group) is 2. The third-order valence-electron chi connectivity index (χ3n) is 6.07. The van der Waals surface area contributed by atoms with Gasteiger partial charge in [-0.15, -0.1) is 0 Å². The van der Waals surface area contributed by atoms with E-state index in [-0.39, 0.29) is 17.7 Å². The Morgan fingerprint density at radius 2 is 1.90 bits per heavy atom. The van der Waals surface area contributed by atoms with E-state index in [2.05, 4.69) is 23.9 Å². The van der Waals surface area contributed by atoms with E-state index in [9.17, 15) is 5.11 Å². The molecular formula is C17H32N2O2. The molecule has 2 aliphatic heterocycles. The first kappa shape index (κ1) is 15.7. The van der Waals surface area contributed by atoms with Gasteiger partial charge < -0.3 is 14.7 Å². The van der Waals surface area contributed by atoms with Crippen LogP contribution in [0.25, 0.3) is 0 Å². The minimum Gasteiger partial charge on any atom is -0.391 e. The molecule has 0 aromatic heterocycles. The van der Waals surface area contributed by atoms with Crippen LogP contribution >= 0.6 is 0 Å². The van der Waals surface area contributed by atoms with Crippen molar-refractivity contribution in [1.82, 2.24) is 9.80 Å². The topological polar surface area (TPSA) is 35.9 Å². The van der Waals surface area contributed by atoms with Crippen molar-refractivity contribution < 1.29 is 9.84 Å². The summed E-state index contributed by atoms with van der Waals surface area (Å²) in [5.74, 6) is 0.413. The van der Waals surface area contributed by atoms with E-state index in [1.54, 1.807) is 0 Å². The SMILES string of the molecule is CN1CCN(C)C(C(O)C2CCOC3(CCCCC3)C2)C1. The third-order valence-corrected chi connectivity index (χ3v) is 6.07. The molecule has 4 nitrogen and oxygen atoms in total. The first-order valence-corrected chi connectivity index (χ1v) is 8.80. The highest BCUT2D eigenvalue weighted by atomic mass is 16.5. The van der Waals surface area contributed by atoms with Gasteiger partial charge in [-0.05, 0) is 45.7 Å². The van der Waals surface area contributed by atoms with Crippen LogP contribution in [0.1, 0.15) is 44.9 Å². The summed E-state index contributed by atoms with van der Waals surface area (Å²) in [6.45, 7) is 4.00. The summed E-state index contributed by atoms with van der Waals surface area (Å²) in [6.07, 6.45) is 8.26. The second-order valence-corrected chi connectivity index (χ2v) is 7.65.